The van der Waals surface area contributed by atoms with Crippen molar-refractivity contribution in [1.29, 1.82) is 0 Å². The first kappa shape index (κ1) is 9.34. The number of aliphatic hydroxyl groups excluding tert-OH is 1. The first-order chi connectivity index (χ1) is 6.68. The number of rotatable bonds is 2. The van der Waals surface area contributed by atoms with E-state index in [9.17, 15) is 10.2 Å². The van der Waals surface area contributed by atoms with Gasteiger partial charge >= 0.3 is 0 Å². The number of phenolic OH excluding ortho intramolecular Hbond substituents is 1. The molecule has 76 valence electrons. The van der Waals surface area contributed by atoms with Gasteiger partial charge in [0.2, 0.25) is 0 Å². The summed E-state index contributed by atoms with van der Waals surface area (Å²) in [6.07, 6.45) is 2.77. The van der Waals surface area contributed by atoms with E-state index in [4.69, 9.17) is 5.73 Å². The smallest absolute Gasteiger partial charge is 0.116 e. The molecule has 0 saturated heterocycles. The molecule has 1 atom stereocenters. The fourth-order valence-electron chi connectivity index (χ4n) is 1.83. The summed E-state index contributed by atoms with van der Waals surface area (Å²) in [7, 11) is 0. The van der Waals surface area contributed by atoms with E-state index in [0.29, 0.717) is 17.2 Å². The van der Waals surface area contributed by atoms with Gasteiger partial charge in [-0.3, -0.25) is 0 Å². The molecule has 14 heavy (non-hydrogen) atoms. The van der Waals surface area contributed by atoms with Crippen LogP contribution in [0.15, 0.2) is 18.2 Å². The summed E-state index contributed by atoms with van der Waals surface area (Å²) < 4.78 is 0. The quantitative estimate of drug-likeness (QED) is 0.495. The molecule has 3 nitrogen and oxygen atoms in total. The molecule has 1 aliphatic rings. The molecule has 1 aromatic carbocycles. The Morgan fingerprint density at radius 2 is 2.07 bits per heavy atom. The van der Waals surface area contributed by atoms with Gasteiger partial charge in [-0.15, -0.1) is 0 Å². The molecule has 2 rings (SSSR count). The SMILES string of the molecule is Nc1ccc(O)cc1C(O)C1CCC1. The summed E-state index contributed by atoms with van der Waals surface area (Å²) in [5, 5.41) is 19.2. The van der Waals surface area contributed by atoms with Crippen LogP contribution in [-0.4, -0.2) is 10.2 Å². The first-order valence-electron chi connectivity index (χ1n) is 4.95. The Morgan fingerprint density at radius 1 is 1.36 bits per heavy atom. The minimum Gasteiger partial charge on any atom is -0.508 e. The second-order valence-electron chi connectivity index (χ2n) is 3.95. The van der Waals surface area contributed by atoms with Crippen LogP contribution in [0.4, 0.5) is 5.69 Å². The number of phenols is 1. The van der Waals surface area contributed by atoms with E-state index in [1.165, 1.54) is 12.5 Å². The molecule has 1 aromatic rings. The number of benzene rings is 1. The highest BCUT2D eigenvalue weighted by atomic mass is 16.3. The normalized spacial score (nSPS) is 18.9. The van der Waals surface area contributed by atoms with Crippen LogP contribution in [0, 0.1) is 5.92 Å². The predicted octanol–water partition coefficient (Wildman–Crippen LogP) is 1.81. The van der Waals surface area contributed by atoms with Crippen molar-refractivity contribution in [1.82, 2.24) is 0 Å². The number of hydrogen-bond donors (Lipinski definition) is 3. The minimum absolute atomic E-state index is 0.160. The van der Waals surface area contributed by atoms with Crippen molar-refractivity contribution >= 4 is 5.69 Å². The average Bonchev–Trinajstić information content (AvgIpc) is 2.06. The Kier molecular flexibility index (Phi) is 2.33. The molecule has 3 heteroatoms. The second kappa shape index (κ2) is 3.50. The summed E-state index contributed by atoms with van der Waals surface area (Å²) in [5.74, 6) is 0.478. The Morgan fingerprint density at radius 3 is 2.64 bits per heavy atom. The van der Waals surface area contributed by atoms with Gasteiger partial charge in [0.1, 0.15) is 5.75 Å². The maximum absolute atomic E-state index is 9.95. The van der Waals surface area contributed by atoms with Gasteiger partial charge in [0, 0.05) is 11.3 Å². The number of nitrogens with two attached hydrogens (primary N) is 1. The van der Waals surface area contributed by atoms with E-state index in [1.54, 1.807) is 12.1 Å². The van der Waals surface area contributed by atoms with Crippen LogP contribution in [0.25, 0.3) is 0 Å². The highest BCUT2D eigenvalue weighted by molar-refractivity contribution is 5.51. The van der Waals surface area contributed by atoms with Crippen molar-refractivity contribution in [3.63, 3.8) is 0 Å². The van der Waals surface area contributed by atoms with Crippen LogP contribution in [0.5, 0.6) is 5.75 Å². The van der Waals surface area contributed by atoms with E-state index in [-0.39, 0.29) is 5.75 Å². The van der Waals surface area contributed by atoms with Gasteiger partial charge < -0.3 is 15.9 Å². The lowest BCUT2D eigenvalue weighted by Gasteiger charge is -2.31. The summed E-state index contributed by atoms with van der Waals surface area (Å²) in [6, 6.07) is 4.72. The van der Waals surface area contributed by atoms with E-state index >= 15 is 0 Å². The van der Waals surface area contributed by atoms with Crippen molar-refractivity contribution in [3.8, 4) is 5.75 Å². The first-order valence-corrected chi connectivity index (χ1v) is 4.95. The number of anilines is 1. The molecule has 4 N–H and O–H groups in total. The minimum atomic E-state index is -0.518. The highest BCUT2D eigenvalue weighted by Crippen LogP contribution is 2.40. The largest absolute Gasteiger partial charge is 0.508 e. The molecule has 1 saturated carbocycles. The lowest BCUT2D eigenvalue weighted by Crippen LogP contribution is -2.20. The fraction of sp³-hybridized carbons (Fsp3) is 0.455. The van der Waals surface area contributed by atoms with Gasteiger partial charge in [-0.2, -0.15) is 0 Å². The van der Waals surface area contributed by atoms with Crippen LogP contribution in [0.2, 0.25) is 0 Å². The van der Waals surface area contributed by atoms with Gasteiger partial charge in [0.25, 0.3) is 0 Å². The number of hydrogen-bond acceptors (Lipinski definition) is 3. The van der Waals surface area contributed by atoms with Crippen LogP contribution in [0.3, 0.4) is 0 Å². The molecule has 0 aliphatic heterocycles. The van der Waals surface area contributed by atoms with Gasteiger partial charge in [-0.25, -0.2) is 0 Å². The van der Waals surface area contributed by atoms with Crippen LogP contribution in [-0.2, 0) is 0 Å². The van der Waals surface area contributed by atoms with Gasteiger partial charge in [0.15, 0.2) is 0 Å². The maximum atomic E-state index is 9.95. The Hall–Kier alpha value is -1.22. The molecule has 0 aromatic heterocycles. The van der Waals surface area contributed by atoms with Crippen molar-refractivity contribution < 1.29 is 10.2 Å². The van der Waals surface area contributed by atoms with Crippen LogP contribution < -0.4 is 5.73 Å². The van der Waals surface area contributed by atoms with E-state index in [0.717, 1.165) is 12.8 Å². The summed E-state index contributed by atoms with van der Waals surface area (Å²) in [6.45, 7) is 0. The molecule has 0 spiro atoms. The molecule has 0 bridgehead atoms. The number of aromatic hydroxyl groups is 1. The molecule has 1 fully saturated rings. The van der Waals surface area contributed by atoms with Crippen molar-refractivity contribution in [2.75, 3.05) is 5.73 Å². The summed E-state index contributed by atoms with van der Waals surface area (Å²) >= 11 is 0. The Balaban J connectivity index is 2.24. The third kappa shape index (κ3) is 1.55. The van der Waals surface area contributed by atoms with Gasteiger partial charge in [-0.05, 0) is 37.0 Å². The highest BCUT2D eigenvalue weighted by Gasteiger charge is 2.28. The second-order valence-corrected chi connectivity index (χ2v) is 3.95. The molecule has 0 amide bonds. The third-order valence-corrected chi connectivity index (χ3v) is 2.99. The van der Waals surface area contributed by atoms with E-state index in [1.807, 2.05) is 0 Å². The zero-order chi connectivity index (χ0) is 10.1. The standard InChI is InChI=1S/C11H15NO2/c12-10-5-4-8(13)6-9(10)11(14)7-2-1-3-7/h4-7,11,13-14H,1-3,12H2. The molecular formula is C11H15NO2. The van der Waals surface area contributed by atoms with Gasteiger partial charge in [0.05, 0.1) is 6.10 Å². The van der Waals surface area contributed by atoms with Crippen molar-refractivity contribution in [2.24, 2.45) is 5.92 Å². The monoisotopic (exact) mass is 193 g/mol. The predicted molar refractivity (Wildman–Crippen MR) is 54.8 cm³/mol. The zero-order valence-corrected chi connectivity index (χ0v) is 7.98. The van der Waals surface area contributed by atoms with Crippen LogP contribution in [0.1, 0.15) is 30.9 Å². The summed E-state index contributed by atoms with van der Waals surface area (Å²) in [4.78, 5) is 0. The molecule has 0 heterocycles. The number of aliphatic hydroxyl groups is 1. The Labute approximate surface area is 83.2 Å². The molecule has 0 radical (unpaired) electrons. The molecule has 1 unspecified atom stereocenters. The van der Waals surface area contributed by atoms with E-state index in [2.05, 4.69) is 0 Å². The Bertz CT molecular complexity index is 334. The van der Waals surface area contributed by atoms with Crippen LogP contribution >= 0.6 is 0 Å². The average molecular weight is 193 g/mol. The topological polar surface area (TPSA) is 66.5 Å². The molecular weight excluding hydrogens is 178 g/mol. The lowest BCUT2D eigenvalue weighted by molar-refractivity contribution is 0.0625. The van der Waals surface area contributed by atoms with E-state index < -0.39 is 6.10 Å². The number of nitrogen functional groups attached to an aromatic ring is 1. The fourth-order valence-corrected chi connectivity index (χ4v) is 1.83. The van der Waals surface area contributed by atoms with Crippen molar-refractivity contribution in [2.45, 2.75) is 25.4 Å². The molecule has 1 aliphatic carbocycles. The lowest BCUT2D eigenvalue weighted by atomic mass is 9.78. The van der Waals surface area contributed by atoms with Crippen molar-refractivity contribution in [3.05, 3.63) is 23.8 Å². The maximum Gasteiger partial charge on any atom is 0.116 e. The summed E-state index contributed by atoms with van der Waals surface area (Å²) in [5.41, 5.74) is 6.96. The van der Waals surface area contributed by atoms with Gasteiger partial charge in [-0.1, -0.05) is 6.42 Å². The third-order valence-electron chi connectivity index (χ3n) is 2.99. The zero-order valence-electron chi connectivity index (χ0n) is 7.98.